The number of carboxylic acids is 1. The molecule has 2 aromatic carbocycles. The van der Waals surface area contributed by atoms with E-state index < -0.39 is 36.3 Å². The highest BCUT2D eigenvalue weighted by atomic mass is 16.5. The molecular formula is C23H25N3O6. The molecule has 1 unspecified atom stereocenters. The van der Waals surface area contributed by atoms with Crippen LogP contribution >= 0.6 is 0 Å². The Morgan fingerprint density at radius 1 is 1.03 bits per heavy atom. The minimum atomic E-state index is -1.36. The maximum atomic E-state index is 12.6. The summed E-state index contributed by atoms with van der Waals surface area (Å²) >= 11 is 0. The number of amides is 3. The Labute approximate surface area is 185 Å². The molecular weight excluding hydrogens is 414 g/mol. The molecule has 32 heavy (non-hydrogen) atoms. The minimum absolute atomic E-state index is 0.0297. The number of carboxylic acid groups (broad SMARTS) is 1. The van der Waals surface area contributed by atoms with Gasteiger partial charge < -0.3 is 25.4 Å². The predicted octanol–water partition coefficient (Wildman–Crippen LogP) is 1.57. The summed E-state index contributed by atoms with van der Waals surface area (Å²) in [7, 11) is 2.77. The Kier molecular flexibility index (Phi) is 7.09. The van der Waals surface area contributed by atoms with Gasteiger partial charge in [-0.1, -0.05) is 48.5 Å². The van der Waals surface area contributed by atoms with Crippen LogP contribution in [0.2, 0.25) is 0 Å². The van der Waals surface area contributed by atoms with Crippen LogP contribution in [-0.4, -0.2) is 67.2 Å². The molecule has 0 heterocycles. The van der Waals surface area contributed by atoms with E-state index in [0.717, 1.165) is 27.2 Å². The molecule has 9 heteroatoms. The number of nitrogens with one attached hydrogen (secondary N) is 2. The third-order valence-electron chi connectivity index (χ3n) is 5.35. The summed E-state index contributed by atoms with van der Waals surface area (Å²) in [5.74, 6) is -2.56. The maximum Gasteiger partial charge on any atom is 0.407 e. The number of fused-ring (bicyclic) bond motifs is 3. The van der Waals surface area contributed by atoms with E-state index in [9.17, 15) is 19.2 Å². The summed E-state index contributed by atoms with van der Waals surface area (Å²) in [6.45, 7) is -0.236. The number of aliphatic carboxylic acids is 1. The number of ether oxygens (including phenoxy) is 1. The first-order chi connectivity index (χ1) is 15.3. The first-order valence-electron chi connectivity index (χ1n) is 10.1. The standard InChI is InChI=1S/C23H25N3O6/c1-24-20(27)12-26(2)22(30)19(11-21(28)29)25-23(31)32-13-18-16-9-5-3-7-14(16)15-8-4-6-10-17(15)18/h3-10,18-19H,11-13H2,1-2H3,(H,24,27)(H,25,31)(H,28,29). The fourth-order valence-corrected chi connectivity index (χ4v) is 3.80. The summed E-state index contributed by atoms with van der Waals surface area (Å²) in [6.07, 6.45) is -1.54. The van der Waals surface area contributed by atoms with Crippen molar-refractivity contribution in [2.45, 2.75) is 18.4 Å². The topological polar surface area (TPSA) is 125 Å². The van der Waals surface area contributed by atoms with Gasteiger partial charge in [0, 0.05) is 20.0 Å². The number of rotatable bonds is 8. The molecule has 9 nitrogen and oxygen atoms in total. The molecule has 0 spiro atoms. The monoisotopic (exact) mass is 439 g/mol. The highest BCUT2D eigenvalue weighted by Gasteiger charge is 2.31. The molecule has 3 amide bonds. The van der Waals surface area contributed by atoms with Crippen molar-refractivity contribution in [3.05, 3.63) is 59.7 Å². The zero-order chi connectivity index (χ0) is 23.3. The van der Waals surface area contributed by atoms with Gasteiger partial charge in [-0.15, -0.1) is 0 Å². The van der Waals surface area contributed by atoms with Gasteiger partial charge in [0.2, 0.25) is 11.8 Å². The van der Waals surface area contributed by atoms with Crippen LogP contribution < -0.4 is 10.6 Å². The molecule has 2 aromatic rings. The van der Waals surface area contributed by atoms with E-state index >= 15 is 0 Å². The number of alkyl carbamates (subject to hydrolysis) is 1. The lowest BCUT2D eigenvalue weighted by atomic mass is 9.98. The van der Waals surface area contributed by atoms with Gasteiger partial charge in [0.05, 0.1) is 13.0 Å². The molecule has 3 rings (SSSR count). The van der Waals surface area contributed by atoms with E-state index in [-0.39, 0.29) is 19.1 Å². The van der Waals surface area contributed by atoms with Gasteiger partial charge >= 0.3 is 12.1 Å². The predicted molar refractivity (Wildman–Crippen MR) is 116 cm³/mol. The molecule has 0 saturated carbocycles. The minimum Gasteiger partial charge on any atom is -0.481 e. The average molecular weight is 439 g/mol. The van der Waals surface area contributed by atoms with Crippen LogP contribution in [0.5, 0.6) is 0 Å². The van der Waals surface area contributed by atoms with Crippen LogP contribution in [0.1, 0.15) is 23.5 Å². The van der Waals surface area contributed by atoms with Crippen LogP contribution in [0.4, 0.5) is 4.79 Å². The van der Waals surface area contributed by atoms with E-state index in [1.165, 1.54) is 14.1 Å². The quantitative estimate of drug-likeness (QED) is 0.573. The van der Waals surface area contributed by atoms with Gasteiger partial charge in [-0.25, -0.2) is 4.79 Å². The van der Waals surface area contributed by atoms with Crippen molar-refractivity contribution in [2.24, 2.45) is 0 Å². The number of likely N-dealkylation sites (N-methyl/N-ethyl adjacent to an activating group) is 2. The highest BCUT2D eigenvalue weighted by Crippen LogP contribution is 2.44. The Bertz CT molecular complexity index is 992. The van der Waals surface area contributed by atoms with Crippen LogP contribution in [0, 0.1) is 0 Å². The van der Waals surface area contributed by atoms with Crippen molar-refractivity contribution in [1.82, 2.24) is 15.5 Å². The molecule has 0 aromatic heterocycles. The lowest BCUT2D eigenvalue weighted by Crippen LogP contribution is -2.50. The fraction of sp³-hybridized carbons (Fsp3) is 0.304. The fourth-order valence-electron chi connectivity index (χ4n) is 3.80. The summed E-state index contributed by atoms with van der Waals surface area (Å²) in [4.78, 5) is 48.8. The van der Waals surface area contributed by atoms with Crippen LogP contribution in [0.3, 0.4) is 0 Å². The largest absolute Gasteiger partial charge is 0.481 e. The van der Waals surface area contributed by atoms with Crippen molar-refractivity contribution < 1.29 is 29.0 Å². The lowest BCUT2D eigenvalue weighted by molar-refractivity contribution is -0.142. The third kappa shape index (κ3) is 5.05. The Hall–Kier alpha value is -3.88. The molecule has 0 radical (unpaired) electrons. The van der Waals surface area contributed by atoms with Gasteiger partial charge in [-0.2, -0.15) is 0 Å². The zero-order valence-corrected chi connectivity index (χ0v) is 17.8. The number of hydrogen-bond donors (Lipinski definition) is 3. The normalized spacial score (nSPS) is 12.8. The molecule has 0 aliphatic heterocycles. The number of nitrogens with zero attached hydrogens (tertiary/aromatic N) is 1. The van der Waals surface area contributed by atoms with Crippen molar-refractivity contribution in [2.75, 3.05) is 27.2 Å². The second-order valence-corrected chi connectivity index (χ2v) is 7.49. The number of carbonyl (C=O) groups excluding carboxylic acids is 3. The molecule has 168 valence electrons. The Morgan fingerprint density at radius 2 is 1.59 bits per heavy atom. The van der Waals surface area contributed by atoms with Crippen LogP contribution in [0.15, 0.2) is 48.5 Å². The van der Waals surface area contributed by atoms with Gasteiger partial charge in [0.15, 0.2) is 0 Å². The van der Waals surface area contributed by atoms with Gasteiger partial charge in [-0.05, 0) is 22.3 Å². The van der Waals surface area contributed by atoms with E-state index in [2.05, 4.69) is 10.6 Å². The maximum absolute atomic E-state index is 12.6. The summed E-state index contributed by atoms with van der Waals surface area (Å²) in [5.41, 5.74) is 4.22. The molecule has 1 atom stereocenters. The number of carbonyl (C=O) groups is 4. The molecule has 0 fully saturated rings. The highest BCUT2D eigenvalue weighted by molar-refractivity contribution is 5.91. The lowest BCUT2D eigenvalue weighted by Gasteiger charge is -2.23. The second-order valence-electron chi connectivity index (χ2n) is 7.49. The Balaban J connectivity index is 1.67. The Morgan fingerprint density at radius 3 is 2.12 bits per heavy atom. The summed E-state index contributed by atoms with van der Waals surface area (Å²) in [5, 5.41) is 13.8. The van der Waals surface area contributed by atoms with Crippen molar-refractivity contribution in [3.63, 3.8) is 0 Å². The molecule has 0 saturated heterocycles. The van der Waals surface area contributed by atoms with E-state index in [4.69, 9.17) is 9.84 Å². The smallest absolute Gasteiger partial charge is 0.407 e. The van der Waals surface area contributed by atoms with Crippen LogP contribution in [-0.2, 0) is 19.1 Å². The van der Waals surface area contributed by atoms with Crippen LogP contribution in [0.25, 0.3) is 11.1 Å². The number of hydrogen-bond acceptors (Lipinski definition) is 5. The van der Waals surface area contributed by atoms with E-state index in [1.807, 2.05) is 48.5 Å². The first kappa shape index (κ1) is 22.8. The van der Waals surface area contributed by atoms with Gasteiger partial charge in [-0.3, -0.25) is 14.4 Å². The third-order valence-corrected chi connectivity index (χ3v) is 5.35. The number of benzene rings is 2. The van der Waals surface area contributed by atoms with Crippen molar-refractivity contribution in [1.29, 1.82) is 0 Å². The van der Waals surface area contributed by atoms with Gasteiger partial charge in [0.1, 0.15) is 12.6 Å². The molecule has 3 N–H and O–H groups in total. The SMILES string of the molecule is CNC(=O)CN(C)C(=O)C(CC(=O)O)NC(=O)OCC1c2ccccc2-c2ccccc21. The second kappa shape index (κ2) is 9.95. The van der Waals surface area contributed by atoms with Crippen molar-refractivity contribution >= 4 is 23.9 Å². The van der Waals surface area contributed by atoms with E-state index in [1.54, 1.807) is 0 Å². The molecule has 1 aliphatic rings. The van der Waals surface area contributed by atoms with E-state index in [0.29, 0.717) is 0 Å². The van der Waals surface area contributed by atoms with Crippen molar-refractivity contribution in [3.8, 4) is 11.1 Å². The summed E-state index contributed by atoms with van der Waals surface area (Å²) < 4.78 is 5.39. The molecule has 0 bridgehead atoms. The molecule has 1 aliphatic carbocycles. The zero-order valence-electron chi connectivity index (χ0n) is 17.8. The summed E-state index contributed by atoms with van der Waals surface area (Å²) in [6, 6.07) is 14.3. The van der Waals surface area contributed by atoms with Gasteiger partial charge in [0.25, 0.3) is 0 Å². The average Bonchev–Trinajstić information content (AvgIpc) is 3.10. The first-order valence-corrected chi connectivity index (χ1v) is 10.1.